The van der Waals surface area contributed by atoms with Crippen LogP contribution in [-0.2, 0) is 23.9 Å². The third kappa shape index (κ3) is 4.19. The Bertz CT molecular complexity index is 1160. The van der Waals surface area contributed by atoms with E-state index in [0.29, 0.717) is 6.42 Å². The van der Waals surface area contributed by atoms with Gasteiger partial charge in [0.05, 0.1) is 22.9 Å². The number of para-hydroxylation sites is 3. The molecule has 0 radical (unpaired) electrons. The number of hydrogen-bond donors (Lipinski definition) is 1. The summed E-state index contributed by atoms with van der Waals surface area (Å²) in [7, 11) is 0. The van der Waals surface area contributed by atoms with Gasteiger partial charge in [0, 0.05) is 12.7 Å². The van der Waals surface area contributed by atoms with Crippen molar-refractivity contribution in [2.45, 2.75) is 19.1 Å². The molecule has 1 N–H and O–H groups in total. The molecule has 30 heavy (non-hydrogen) atoms. The maximum absolute atomic E-state index is 13.3. The van der Waals surface area contributed by atoms with Crippen LogP contribution in [0.25, 0.3) is 16.7 Å². The van der Waals surface area contributed by atoms with E-state index in [-0.39, 0.29) is 17.6 Å². The number of imidazole rings is 1. The third-order valence-corrected chi connectivity index (χ3v) is 4.60. The molecule has 0 aliphatic heterocycles. The Labute approximate surface area is 170 Å². The highest BCUT2D eigenvalue weighted by Crippen LogP contribution is 2.31. The van der Waals surface area contributed by atoms with Crippen LogP contribution in [0.15, 0.2) is 67.0 Å². The van der Waals surface area contributed by atoms with Gasteiger partial charge in [0.15, 0.2) is 0 Å². The van der Waals surface area contributed by atoms with Crippen LogP contribution in [-0.4, -0.2) is 31.8 Å². The molecule has 2 aromatic carbocycles. The van der Waals surface area contributed by atoms with Crippen LogP contribution in [0, 0.1) is 0 Å². The van der Waals surface area contributed by atoms with Crippen molar-refractivity contribution >= 4 is 16.9 Å². The van der Waals surface area contributed by atoms with Gasteiger partial charge < -0.3 is 9.88 Å². The number of benzene rings is 2. The van der Waals surface area contributed by atoms with Gasteiger partial charge in [-0.1, -0.05) is 30.3 Å². The second-order valence-electron chi connectivity index (χ2n) is 6.74. The van der Waals surface area contributed by atoms with Crippen LogP contribution >= 0.6 is 0 Å². The van der Waals surface area contributed by atoms with E-state index in [1.807, 2.05) is 36.5 Å². The first kappa shape index (κ1) is 19.7. The highest BCUT2D eigenvalue weighted by molar-refractivity contribution is 5.81. The summed E-state index contributed by atoms with van der Waals surface area (Å²) in [4.78, 5) is 15.9. The summed E-state index contributed by atoms with van der Waals surface area (Å²) in [5.74, 6) is -1.60. The number of amides is 1. The zero-order valence-corrected chi connectivity index (χ0v) is 15.8. The van der Waals surface area contributed by atoms with Crippen molar-refractivity contribution in [3.8, 4) is 5.69 Å². The van der Waals surface area contributed by atoms with Gasteiger partial charge in [0.1, 0.15) is 6.54 Å². The van der Waals surface area contributed by atoms with Crippen molar-refractivity contribution < 1.29 is 18.0 Å². The molecule has 0 aliphatic rings. The van der Waals surface area contributed by atoms with Gasteiger partial charge in [-0.3, -0.25) is 4.79 Å². The summed E-state index contributed by atoms with van der Waals surface area (Å²) in [6, 6.07) is 15.8. The van der Waals surface area contributed by atoms with Crippen LogP contribution in [0.4, 0.5) is 13.2 Å². The highest BCUT2D eigenvalue weighted by Gasteiger charge is 2.37. The summed E-state index contributed by atoms with van der Waals surface area (Å²) in [6.45, 7) is -0.175. The van der Waals surface area contributed by atoms with Crippen LogP contribution in [0.2, 0.25) is 0 Å². The lowest BCUT2D eigenvalue weighted by molar-refractivity contribution is -0.147. The Kier molecular flexibility index (Phi) is 5.26. The minimum absolute atomic E-state index is 0.200. The molecule has 0 aliphatic carbocycles. The lowest BCUT2D eigenvalue weighted by Crippen LogP contribution is -2.30. The minimum Gasteiger partial charge on any atom is -0.354 e. The van der Waals surface area contributed by atoms with Gasteiger partial charge >= 0.3 is 6.18 Å². The minimum atomic E-state index is -4.65. The van der Waals surface area contributed by atoms with Crippen molar-refractivity contribution in [1.29, 1.82) is 0 Å². The predicted octanol–water partition coefficient (Wildman–Crippen LogP) is 3.60. The van der Waals surface area contributed by atoms with Crippen molar-refractivity contribution in [1.82, 2.24) is 24.6 Å². The van der Waals surface area contributed by atoms with Crippen molar-refractivity contribution in [3.05, 3.63) is 78.4 Å². The summed E-state index contributed by atoms with van der Waals surface area (Å²) < 4.78 is 42.6. The van der Waals surface area contributed by atoms with E-state index < -0.39 is 24.5 Å². The molecule has 0 spiro atoms. The zero-order chi connectivity index (χ0) is 21.1. The summed E-state index contributed by atoms with van der Waals surface area (Å²) >= 11 is 0. The van der Waals surface area contributed by atoms with Gasteiger partial charge in [-0.2, -0.15) is 18.3 Å². The fraction of sp³-hybridized carbons (Fsp3) is 0.190. The topological polar surface area (TPSA) is 64.7 Å². The molecule has 0 saturated carbocycles. The number of fused-ring (bicyclic) bond motifs is 1. The lowest BCUT2D eigenvalue weighted by Gasteiger charge is -2.11. The van der Waals surface area contributed by atoms with Crippen LogP contribution in [0.1, 0.15) is 11.4 Å². The molecule has 2 aromatic heterocycles. The van der Waals surface area contributed by atoms with E-state index in [4.69, 9.17) is 0 Å². The number of aromatic nitrogens is 4. The molecule has 6 nitrogen and oxygen atoms in total. The summed E-state index contributed by atoms with van der Waals surface area (Å²) in [5.41, 5.74) is 2.29. The first-order chi connectivity index (χ1) is 14.4. The largest absolute Gasteiger partial charge is 0.449 e. The molecule has 1 amide bonds. The number of halogens is 3. The van der Waals surface area contributed by atoms with Gasteiger partial charge in [-0.25, -0.2) is 9.67 Å². The third-order valence-electron chi connectivity index (χ3n) is 4.60. The maximum Gasteiger partial charge on any atom is 0.449 e. The number of carbonyl (C=O) groups is 1. The number of carbonyl (C=O) groups excluding carboxylic acids is 1. The Hall–Kier alpha value is -3.62. The molecule has 0 saturated heterocycles. The lowest BCUT2D eigenvalue weighted by atomic mass is 10.2. The van der Waals surface area contributed by atoms with E-state index in [9.17, 15) is 18.0 Å². The maximum atomic E-state index is 13.3. The molecule has 0 fully saturated rings. The second kappa shape index (κ2) is 8.02. The van der Waals surface area contributed by atoms with Crippen LogP contribution < -0.4 is 5.32 Å². The molecule has 4 aromatic rings. The number of nitrogens with one attached hydrogen (secondary N) is 1. The van der Waals surface area contributed by atoms with Crippen LogP contribution in [0.5, 0.6) is 0 Å². The van der Waals surface area contributed by atoms with E-state index in [1.165, 1.54) is 12.1 Å². The van der Waals surface area contributed by atoms with Crippen LogP contribution in [0.3, 0.4) is 0 Å². The Morgan fingerprint density at radius 3 is 2.53 bits per heavy atom. The van der Waals surface area contributed by atoms with Gasteiger partial charge in [-0.15, -0.1) is 0 Å². The first-order valence-electron chi connectivity index (χ1n) is 9.30. The van der Waals surface area contributed by atoms with Gasteiger partial charge in [0.25, 0.3) is 0 Å². The normalized spacial score (nSPS) is 11.7. The van der Waals surface area contributed by atoms with Gasteiger partial charge in [-0.05, 0) is 36.2 Å². The van der Waals surface area contributed by atoms with E-state index in [0.717, 1.165) is 15.8 Å². The predicted molar refractivity (Wildman–Crippen MR) is 105 cm³/mol. The molecule has 0 bridgehead atoms. The second-order valence-corrected chi connectivity index (χ2v) is 6.74. The van der Waals surface area contributed by atoms with Crippen molar-refractivity contribution in [2.75, 3.05) is 6.54 Å². The Balaban J connectivity index is 1.40. The molecular weight excluding hydrogens is 395 g/mol. The standard InChI is InChI=1S/C21H18F3N5O/c22-21(23,24)20-27-17-8-4-5-9-18(17)28(20)14-19(30)25-11-10-15-12-26-29(13-15)16-6-2-1-3-7-16/h1-9,12-13H,10-11,14H2,(H,25,30). The smallest absolute Gasteiger partial charge is 0.354 e. The van der Waals surface area contributed by atoms with E-state index >= 15 is 0 Å². The number of rotatable bonds is 6. The molecule has 154 valence electrons. The number of nitrogens with zero attached hydrogens (tertiary/aromatic N) is 4. The molecule has 0 unspecified atom stereocenters. The van der Waals surface area contributed by atoms with Crippen molar-refractivity contribution in [2.24, 2.45) is 0 Å². The average molecular weight is 413 g/mol. The molecule has 4 rings (SSSR count). The summed E-state index contributed by atoms with van der Waals surface area (Å²) in [5, 5.41) is 6.95. The quantitative estimate of drug-likeness (QED) is 0.525. The average Bonchev–Trinajstić information content (AvgIpc) is 3.34. The summed E-state index contributed by atoms with van der Waals surface area (Å²) in [6.07, 6.45) is -0.586. The fourth-order valence-corrected chi connectivity index (χ4v) is 3.21. The van der Waals surface area contributed by atoms with Crippen molar-refractivity contribution in [3.63, 3.8) is 0 Å². The number of hydrogen-bond acceptors (Lipinski definition) is 3. The van der Waals surface area contributed by atoms with Gasteiger partial charge in [0.2, 0.25) is 11.7 Å². The monoisotopic (exact) mass is 413 g/mol. The Morgan fingerprint density at radius 2 is 1.77 bits per heavy atom. The zero-order valence-electron chi connectivity index (χ0n) is 15.8. The number of alkyl halides is 3. The molecular formula is C21H18F3N5O. The van der Waals surface area contributed by atoms with E-state index in [2.05, 4.69) is 15.4 Å². The first-order valence-corrected chi connectivity index (χ1v) is 9.30. The molecule has 9 heteroatoms. The fourth-order valence-electron chi connectivity index (χ4n) is 3.21. The van der Waals surface area contributed by atoms with E-state index in [1.54, 1.807) is 23.0 Å². The highest BCUT2D eigenvalue weighted by atomic mass is 19.4. The molecule has 0 atom stereocenters. The SMILES string of the molecule is O=C(Cn1c(C(F)(F)F)nc2ccccc21)NCCc1cnn(-c2ccccc2)c1. The Morgan fingerprint density at radius 1 is 1.03 bits per heavy atom. The molecule has 2 heterocycles.